The van der Waals surface area contributed by atoms with Gasteiger partial charge in [-0.05, 0) is 31.0 Å². The summed E-state index contributed by atoms with van der Waals surface area (Å²) in [6.45, 7) is 3.46. The summed E-state index contributed by atoms with van der Waals surface area (Å²) in [6.07, 6.45) is 5.86. The van der Waals surface area contributed by atoms with E-state index in [-0.39, 0.29) is 29.6 Å². The molecule has 0 radical (unpaired) electrons. The van der Waals surface area contributed by atoms with E-state index in [2.05, 4.69) is 5.32 Å². The molecule has 3 rings (SSSR count). The smallest absolute Gasteiger partial charge is 0.234 e. The van der Waals surface area contributed by atoms with Crippen LogP contribution >= 0.6 is 0 Å². The van der Waals surface area contributed by atoms with Crippen LogP contribution < -0.4 is 11.1 Å². The average Bonchev–Trinajstić information content (AvgIpc) is 3.15. The highest BCUT2D eigenvalue weighted by Gasteiger charge is 2.38. The monoisotopic (exact) mass is 414 g/mol. The molecule has 0 spiro atoms. The van der Waals surface area contributed by atoms with Crippen molar-refractivity contribution in [2.45, 2.75) is 57.5 Å². The maximum absolute atomic E-state index is 12.3. The number of carbonyl (C=O) groups excluding carboxylic acids is 3. The third-order valence-electron chi connectivity index (χ3n) is 6.37. The molecule has 30 heavy (non-hydrogen) atoms. The zero-order valence-corrected chi connectivity index (χ0v) is 18.1. The van der Waals surface area contributed by atoms with E-state index < -0.39 is 0 Å². The molecule has 7 heteroatoms. The molecule has 1 aromatic carbocycles. The summed E-state index contributed by atoms with van der Waals surface area (Å²) < 4.78 is 0. The molecule has 3 amide bonds. The van der Waals surface area contributed by atoms with Crippen LogP contribution in [0.5, 0.6) is 0 Å². The van der Waals surface area contributed by atoms with Crippen LogP contribution in [0.2, 0.25) is 0 Å². The number of rotatable bonds is 7. The molecule has 0 unspecified atom stereocenters. The van der Waals surface area contributed by atoms with E-state index in [9.17, 15) is 14.4 Å². The molecule has 1 aromatic rings. The Hall–Kier alpha value is -2.41. The molecule has 1 heterocycles. The van der Waals surface area contributed by atoms with Gasteiger partial charge >= 0.3 is 0 Å². The van der Waals surface area contributed by atoms with Crippen LogP contribution in [0, 0.1) is 5.92 Å². The van der Waals surface area contributed by atoms with Gasteiger partial charge in [-0.15, -0.1) is 0 Å². The second kappa shape index (κ2) is 10.1. The van der Waals surface area contributed by atoms with Crippen molar-refractivity contribution in [1.82, 2.24) is 15.1 Å². The van der Waals surface area contributed by atoms with Crippen molar-refractivity contribution in [2.24, 2.45) is 11.7 Å². The van der Waals surface area contributed by atoms with Crippen molar-refractivity contribution >= 4 is 17.7 Å². The van der Waals surface area contributed by atoms with Crippen LogP contribution in [0.4, 0.5) is 0 Å². The molecule has 3 N–H and O–H groups in total. The van der Waals surface area contributed by atoms with Crippen LogP contribution in [0.3, 0.4) is 0 Å². The first-order valence-corrected chi connectivity index (χ1v) is 10.9. The van der Waals surface area contributed by atoms with E-state index >= 15 is 0 Å². The van der Waals surface area contributed by atoms with E-state index in [1.807, 2.05) is 36.2 Å². The zero-order valence-electron chi connectivity index (χ0n) is 18.1. The number of nitrogens with one attached hydrogen (secondary N) is 1. The van der Waals surface area contributed by atoms with Crippen molar-refractivity contribution in [3.63, 3.8) is 0 Å². The maximum Gasteiger partial charge on any atom is 0.234 e. The van der Waals surface area contributed by atoms with E-state index in [4.69, 9.17) is 5.73 Å². The second-order valence-electron chi connectivity index (χ2n) is 8.86. The largest absolute Gasteiger partial charge is 0.369 e. The molecule has 164 valence electrons. The van der Waals surface area contributed by atoms with Gasteiger partial charge in [0.25, 0.3) is 0 Å². The lowest BCUT2D eigenvalue weighted by molar-refractivity contribution is -0.128. The van der Waals surface area contributed by atoms with Crippen LogP contribution in [0.15, 0.2) is 24.3 Å². The average molecular weight is 415 g/mol. The summed E-state index contributed by atoms with van der Waals surface area (Å²) in [4.78, 5) is 39.6. The topological polar surface area (TPSA) is 95.7 Å². The Morgan fingerprint density at radius 1 is 1.10 bits per heavy atom. The second-order valence-corrected chi connectivity index (χ2v) is 8.86. The van der Waals surface area contributed by atoms with Gasteiger partial charge in [-0.2, -0.15) is 0 Å². The molecule has 1 aliphatic heterocycles. The fourth-order valence-electron chi connectivity index (χ4n) is 4.69. The minimum absolute atomic E-state index is 0.0338. The highest BCUT2D eigenvalue weighted by Crippen LogP contribution is 2.32. The Morgan fingerprint density at radius 2 is 1.77 bits per heavy atom. The van der Waals surface area contributed by atoms with Gasteiger partial charge in [-0.1, -0.05) is 43.5 Å². The Balaban J connectivity index is 1.54. The predicted octanol–water partition coefficient (Wildman–Crippen LogP) is 1.61. The molecule has 7 nitrogen and oxygen atoms in total. The quantitative estimate of drug-likeness (QED) is 0.709. The molecule has 1 saturated heterocycles. The van der Waals surface area contributed by atoms with Crippen molar-refractivity contribution in [3.05, 3.63) is 35.4 Å². The van der Waals surface area contributed by atoms with Gasteiger partial charge in [0, 0.05) is 38.5 Å². The van der Waals surface area contributed by atoms with Gasteiger partial charge in [0.05, 0.1) is 12.5 Å². The number of nitrogens with two attached hydrogens (primary N) is 1. The molecular formula is C23H34N4O3. The molecule has 2 fully saturated rings. The molecule has 1 saturated carbocycles. The van der Waals surface area contributed by atoms with Crippen LogP contribution in [-0.4, -0.2) is 60.2 Å². The Labute approximate surface area is 179 Å². The highest BCUT2D eigenvalue weighted by molar-refractivity contribution is 5.81. The Morgan fingerprint density at radius 3 is 2.37 bits per heavy atom. The number of nitrogens with zero attached hydrogens (tertiary/aromatic N) is 2. The molecule has 2 atom stereocenters. The Bertz CT molecular complexity index is 758. The zero-order chi connectivity index (χ0) is 21.7. The summed E-state index contributed by atoms with van der Waals surface area (Å²) in [6, 6.07) is 8.40. The lowest BCUT2D eigenvalue weighted by Crippen LogP contribution is -2.41. The minimum atomic E-state index is -0.364. The third kappa shape index (κ3) is 5.81. The van der Waals surface area contributed by atoms with Gasteiger partial charge in [-0.3, -0.25) is 19.3 Å². The van der Waals surface area contributed by atoms with Gasteiger partial charge in [0.2, 0.25) is 17.7 Å². The van der Waals surface area contributed by atoms with Crippen LogP contribution in [0.25, 0.3) is 0 Å². The Kier molecular flexibility index (Phi) is 7.48. The summed E-state index contributed by atoms with van der Waals surface area (Å²) in [5.41, 5.74) is 7.69. The van der Waals surface area contributed by atoms with Gasteiger partial charge in [0.15, 0.2) is 0 Å². The van der Waals surface area contributed by atoms with Crippen molar-refractivity contribution in [2.75, 3.05) is 26.7 Å². The summed E-state index contributed by atoms with van der Waals surface area (Å²) in [7, 11) is 1.94. The fraction of sp³-hybridized carbons (Fsp3) is 0.609. The molecule has 1 aliphatic carbocycles. The lowest BCUT2D eigenvalue weighted by atomic mass is 9.88. The molecule has 0 aromatic heterocycles. The number of benzene rings is 1. The molecular weight excluding hydrogens is 380 g/mol. The predicted molar refractivity (Wildman–Crippen MR) is 115 cm³/mol. The highest BCUT2D eigenvalue weighted by atomic mass is 16.2. The number of likely N-dealkylation sites (tertiary alicyclic amines) is 1. The summed E-state index contributed by atoms with van der Waals surface area (Å²) in [5.74, 6) is -0.740. The van der Waals surface area contributed by atoms with E-state index in [0.29, 0.717) is 32.2 Å². The number of likely N-dealkylation sites (N-methyl/N-ethyl adjacent to an activating group) is 1. The van der Waals surface area contributed by atoms with Crippen LogP contribution in [0.1, 0.15) is 56.1 Å². The standard InChI is InChI=1S/C23H34N4O3/c1-16(28)27-13-20(21(14-27)23(24)30)18-10-8-17(9-11-18)12-26(2)15-22(29)25-19-6-4-3-5-7-19/h8-11,19-21H,3-7,12-15H2,1-2H3,(H2,24,30)(H,25,29)/t20-,21+/m1/s1. The number of amides is 3. The first-order chi connectivity index (χ1) is 14.3. The van der Waals surface area contributed by atoms with E-state index in [0.717, 1.165) is 24.0 Å². The molecule has 2 aliphatic rings. The normalized spacial score (nSPS) is 22.3. The lowest BCUT2D eigenvalue weighted by Gasteiger charge is -2.24. The van der Waals surface area contributed by atoms with Crippen molar-refractivity contribution < 1.29 is 14.4 Å². The summed E-state index contributed by atoms with van der Waals surface area (Å²) >= 11 is 0. The van der Waals surface area contributed by atoms with Crippen LogP contribution in [-0.2, 0) is 20.9 Å². The SMILES string of the molecule is CC(=O)N1C[C@H](C(N)=O)[C@@H](c2ccc(CN(C)CC(=O)NC3CCCCC3)cc2)C1. The third-order valence-corrected chi connectivity index (χ3v) is 6.37. The van der Waals surface area contributed by atoms with E-state index in [1.54, 1.807) is 4.90 Å². The number of hydrogen-bond acceptors (Lipinski definition) is 4. The first-order valence-electron chi connectivity index (χ1n) is 10.9. The summed E-state index contributed by atoms with van der Waals surface area (Å²) in [5, 5.41) is 3.15. The van der Waals surface area contributed by atoms with Gasteiger partial charge in [0.1, 0.15) is 0 Å². The number of hydrogen-bond donors (Lipinski definition) is 2. The van der Waals surface area contributed by atoms with Crippen molar-refractivity contribution in [3.8, 4) is 0 Å². The van der Waals surface area contributed by atoms with Gasteiger partial charge in [-0.25, -0.2) is 0 Å². The minimum Gasteiger partial charge on any atom is -0.369 e. The number of carbonyl (C=O) groups is 3. The van der Waals surface area contributed by atoms with E-state index in [1.165, 1.54) is 26.2 Å². The van der Waals surface area contributed by atoms with Gasteiger partial charge < -0.3 is 16.0 Å². The number of primary amides is 1. The van der Waals surface area contributed by atoms with Crippen molar-refractivity contribution in [1.29, 1.82) is 0 Å². The molecule has 0 bridgehead atoms. The first kappa shape index (κ1) is 22.3. The maximum atomic E-state index is 12.3. The fourth-order valence-corrected chi connectivity index (χ4v) is 4.69.